The van der Waals surface area contributed by atoms with Crippen molar-refractivity contribution in [3.05, 3.63) is 24.3 Å². The van der Waals surface area contributed by atoms with Crippen LogP contribution in [0, 0.1) is 0 Å². The number of allylic oxidation sites excluding steroid dienone is 3. The second-order valence-corrected chi connectivity index (χ2v) is 1.50. The summed E-state index contributed by atoms with van der Waals surface area (Å²) < 4.78 is 0. The zero-order chi connectivity index (χ0) is 6.57. The summed E-state index contributed by atoms with van der Waals surface area (Å²) >= 11 is 0. The normalized spacial score (nSPS) is 11.0. The van der Waals surface area contributed by atoms with Crippen LogP contribution in [0.2, 0.25) is 0 Å². The van der Waals surface area contributed by atoms with E-state index >= 15 is 0 Å². The summed E-state index contributed by atoms with van der Waals surface area (Å²) in [5.74, 6) is 0.0718. The van der Waals surface area contributed by atoms with E-state index in [0.29, 0.717) is 5.57 Å². The summed E-state index contributed by atoms with van der Waals surface area (Å²) in [6, 6.07) is 0. The molecule has 0 aromatic heterocycles. The third kappa shape index (κ3) is 1.73. The van der Waals surface area contributed by atoms with Gasteiger partial charge in [-0.1, -0.05) is 18.7 Å². The van der Waals surface area contributed by atoms with Gasteiger partial charge in [-0.3, -0.25) is 4.79 Å². The molecule has 0 bridgehead atoms. The smallest absolute Gasteiger partial charge is 0.159 e. The number of carbonyl (C=O) groups is 1. The lowest BCUT2D eigenvalue weighted by Gasteiger charge is -1.88. The first-order chi connectivity index (χ1) is 3.72. The minimum absolute atomic E-state index is 0.0718. The predicted molar refractivity (Wildman–Crippen MR) is 34.6 cm³/mol. The van der Waals surface area contributed by atoms with Crippen LogP contribution in [-0.2, 0) is 4.79 Å². The van der Waals surface area contributed by atoms with Crippen LogP contribution in [0.3, 0.4) is 0 Å². The Bertz CT molecular complexity index is 131. The van der Waals surface area contributed by atoms with Gasteiger partial charge in [0.15, 0.2) is 5.78 Å². The van der Waals surface area contributed by atoms with Gasteiger partial charge in [0.25, 0.3) is 0 Å². The summed E-state index contributed by atoms with van der Waals surface area (Å²) in [4.78, 5) is 10.5. The van der Waals surface area contributed by atoms with Gasteiger partial charge in [-0.25, -0.2) is 0 Å². The van der Waals surface area contributed by atoms with Crippen molar-refractivity contribution in [3.63, 3.8) is 0 Å². The molecule has 0 heterocycles. The molecule has 0 aliphatic rings. The first-order valence-corrected chi connectivity index (χ1v) is 2.52. The molecule has 0 spiro atoms. The van der Waals surface area contributed by atoms with Crippen molar-refractivity contribution in [2.75, 3.05) is 0 Å². The molecule has 0 unspecified atom stereocenters. The second kappa shape index (κ2) is 3.19. The maximum atomic E-state index is 10.5. The van der Waals surface area contributed by atoms with Crippen LogP contribution < -0.4 is 0 Å². The van der Waals surface area contributed by atoms with Crippen LogP contribution in [0.1, 0.15) is 13.8 Å². The van der Waals surface area contributed by atoms with Crippen LogP contribution in [-0.4, -0.2) is 5.78 Å². The lowest BCUT2D eigenvalue weighted by Crippen LogP contribution is -1.90. The highest BCUT2D eigenvalue weighted by Gasteiger charge is 1.92. The average molecular weight is 110 g/mol. The molecule has 0 rings (SSSR count). The topological polar surface area (TPSA) is 17.1 Å². The zero-order valence-electron chi connectivity index (χ0n) is 5.27. The summed E-state index contributed by atoms with van der Waals surface area (Å²) in [5, 5.41) is 0. The Hall–Kier alpha value is -0.850. The maximum absolute atomic E-state index is 10.5. The summed E-state index contributed by atoms with van der Waals surface area (Å²) in [7, 11) is 0. The van der Waals surface area contributed by atoms with Gasteiger partial charge in [-0.15, -0.1) is 0 Å². The van der Waals surface area contributed by atoms with Crippen LogP contribution >= 0.6 is 0 Å². The molecule has 0 aliphatic carbocycles. The number of rotatable bonds is 2. The van der Waals surface area contributed by atoms with Crippen molar-refractivity contribution in [2.45, 2.75) is 13.8 Å². The van der Waals surface area contributed by atoms with Gasteiger partial charge >= 0.3 is 0 Å². The molecule has 8 heavy (non-hydrogen) atoms. The molecule has 0 aliphatic heterocycles. The van der Waals surface area contributed by atoms with E-state index in [0.717, 1.165) is 0 Å². The fourth-order valence-electron chi connectivity index (χ4n) is 0.465. The molecule has 0 fully saturated rings. The number of hydrogen-bond donors (Lipinski definition) is 0. The number of ketones is 1. The quantitative estimate of drug-likeness (QED) is 0.390. The number of hydrogen-bond acceptors (Lipinski definition) is 1. The van der Waals surface area contributed by atoms with Gasteiger partial charge in [-0.05, 0) is 13.8 Å². The Morgan fingerprint density at radius 2 is 2.12 bits per heavy atom. The highest BCUT2D eigenvalue weighted by atomic mass is 16.1. The van der Waals surface area contributed by atoms with E-state index in [-0.39, 0.29) is 5.78 Å². The molecular weight excluding hydrogens is 100 g/mol. The van der Waals surface area contributed by atoms with Crippen LogP contribution in [0.15, 0.2) is 24.3 Å². The fourth-order valence-corrected chi connectivity index (χ4v) is 0.465. The molecule has 0 aromatic carbocycles. The molecule has 0 atom stereocenters. The summed E-state index contributed by atoms with van der Waals surface area (Å²) in [5.41, 5.74) is 0.685. The lowest BCUT2D eigenvalue weighted by molar-refractivity contribution is -0.113. The highest BCUT2D eigenvalue weighted by Crippen LogP contribution is 1.94. The van der Waals surface area contributed by atoms with Crippen molar-refractivity contribution in [1.29, 1.82) is 0 Å². The van der Waals surface area contributed by atoms with Gasteiger partial charge < -0.3 is 0 Å². The van der Waals surface area contributed by atoms with Crippen LogP contribution in [0.4, 0.5) is 0 Å². The third-order valence-corrected chi connectivity index (χ3v) is 0.937. The summed E-state index contributed by atoms with van der Waals surface area (Å²) in [6.07, 6.45) is 3.30. The van der Waals surface area contributed by atoms with Gasteiger partial charge in [0.2, 0.25) is 0 Å². The van der Waals surface area contributed by atoms with E-state index in [4.69, 9.17) is 0 Å². The second-order valence-electron chi connectivity index (χ2n) is 1.50. The minimum atomic E-state index is 0.0718. The van der Waals surface area contributed by atoms with Gasteiger partial charge in [0, 0.05) is 5.57 Å². The lowest BCUT2D eigenvalue weighted by atomic mass is 10.2. The minimum Gasteiger partial charge on any atom is -0.295 e. The predicted octanol–water partition coefficient (Wildman–Crippen LogP) is 1.71. The molecule has 0 saturated carbocycles. The van der Waals surface area contributed by atoms with Crippen molar-refractivity contribution in [2.24, 2.45) is 0 Å². The molecule has 0 radical (unpaired) electrons. The van der Waals surface area contributed by atoms with Crippen molar-refractivity contribution in [1.82, 2.24) is 0 Å². The maximum Gasteiger partial charge on any atom is 0.159 e. The van der Waals surface area contributed by atoms with Crippen molar-refractivity contribution < 1.29 is 4.79 Å². The Labute approximate surface area is 49.7 Å². The first kappa shape index (κ1) is 7.15. The van der Waals surface area contributed by atoms with Gasteiger partial charge in [0.05, 0.1) is 0 Å². The SMILES string of the molecule is C=CC(=CC)C(C)=O. The fraction of sp³-hybridized carbons (Fsp3) is 0.286. The van der Waals surface area contributed by atoms with Crippen LogP contribution in [0.5, 0.6) is 0 Å². The zero-order valence-corrected chi connectivity index (χ0v) is 5.27. The molecule has 44 valence electrons. The average Bonchev–Trinajstić information content (AvgIpc) is 1.69. The Morgan fingerprint density at radius 1 is 1.62 bits per heavy atom. The molecular formula is C7H10O. The Balaban J connectivity index is 4.13. The monoisotopic (exact) mass is 110 g/mol. The Morgan fingerprint density at radius 3 is 2.12 bits per heavy atom. The largest absolute Gasteiger partial charge is 0.295 e. The summed E-state index contributed by atoms with van der Waals surface area (Å²) in [6.45, 7) is 6.81. The highest BCUT2D eigenvalue weighted by molar-refractivity contribution is 5.95. The Kier molecular flexibility index (Phi) is 2.85. The standard InChI is InChI=1S/C7H10O/c1-4-7(5-2)6(3)8/h4-5H,1H2,2-3H3. The van der Waals surface area contributed by atoms with E-state index in [1.54, 1.807) is 12.2 Å². The first-order valence-electron chi connectivity index (χ1n) is 2.52. The van der Waals surface area contributed by atoms with E-state index in [9.17, 15) is 4.79 Å². The van der Waals surface area contributed by atoms with E-state index < -0.39 is 0 Å². The van der Waals surface area contributed by atoms with Gasteiger partial charge in [0.1, 0.15) is 0 Å². The number of carbonyl (C=O) groups excluding carboxylic acids is 1. The molecule has 1 heteroatoms. The van der Waals surface area contributed by atoms with Gasteiger partial charge in [-0.2, -0.15) is 0 Å². The van der Waals surface area contributed by atoms with Crippen LogP contribution in [0.25, 0.3) is 0 Å². The molecule has 0 saturated heterocycles. The molecule has 0 amide bonds. The third-order valence-electron chi connectivity index (χ3n) is 0.937. The van der Waals surface area contributed by atoms with E-state index in [2.05, 4.69) is 6.58 Å². The molecule has 1 nitrogen and oxygen atoms in total. The van der Waals surface area contributed by atoms with E-state index in [1.165, 1.54) is 6.92 Å². The molecule has 0 aromatic rings. The van der Waals surface area contributed by atoms with E-state index in [1.807, 2.05) is 6.92 Å². The van der Waals surface area contributed by atoms with Crippen molar-refractivity contribution >= 4 is 5.78 Å². The number of Topliss-reactive ketones (excluding diaryl/α,β-unsaturated/α-hetero) is 1. The van der Waals surface area contributed by atoms with Crippen molar-refractivity contribution in [3.8, 4) is 0 Å². The molecule has 0 N–H and O–H groups in total.